The lowest BCUT2D eigenvalue weighted by Crippen LogP contribution is -2.53. The molecular weight excluding hydrogens is 242 g/mol. The third-order valence-electron chi connectivity index (χ3n) is 3.54. The molecule has 0 N–H and O–H groups in total. The van der Waals surface area contributed by atoms with Gasteiger partial charge < -0.3 is 9.80 Å². The van der Waals surface area contributed by atoms with E-state index in [0.717, 1.165) is 32.0 Å². The third kappa shape index (κ3) is 3.20. The van der Waals surface area contributed by atoms with Gasteiger partial charge in [0.2, 0.25) is 5.91 Å². The number of carbonyl (C=O) groups excluding carboxylic acids is 1. The molecular formula is C13H21N5O. The van der Waals surface area contributed by atoms with Gasteiger partial charge >= 0.3 is 0 Å². The van der Waals surface area contributed by atoms with E-state index in [1.165, 1.54) is 0 Å². The zero-order chi connectivity index (χ0) is 13.8. The summed E-state index contributed by atoms with van der Waals surface area (Å²) in [6.07, 6.45) is 1.68. The first-order valence-corrected chi connectivity index (χ1v) is 6.57. The number of hydrogen-bond donors (Lipinski definition) is 0. The van der Waals surface area contributed by atoms with Crippen LogP contribution >= 0.6 is 0 Å². The Morgan fingerprint density at radius 2 is 2.00 bits per heavy atom. The summed E-state index contributed by atoms with van der Waals surface area (Å²) in [6, 6.07) is 3.81. The zero-order valence-electron chi connectivity index (χ0n) is 11.8. The Morgan fingerprint density at radius 1 is 1.32 bits per heavy atom. The maximum atomic E-state index is 11.9. The zero-order valence-corrected chi connectivity index (χ0v) is 11.8. The maximum Gasteiger partial charge on any atom is 0.239 e. The molecule has 1 aromatic heterocycles. The van der Waals surface area contributed by atoms with Crippen LogP contribution in [0.4, 0.5) is 5.82 Å². The molecule has 1 aliphatic heterocycles. The second-order valence-corrected chi connectivity index (χ2v) is 5.01. The van der Waals surface area contributed by atoms with Gasteiger partial charge in [0.25, 0.3) is 0 Å². The number of rotatable bonds is 3. The molecule has 1 unspecified atom stereocenters. The third-order valence-corrected chi connectivity index (χ3v) is 3.54. The summed E-state index contributed by atoms with van der Waals surface area (Å²) in [5, 5.41) is 8.02. The van der Waals surface area contributed by atoms with Gasteiger partial charge in [0.1, 0.15) is 0 Å². The molecule has 0 saturated carbocycles. The highest BCUT2D eigenvalue weighted by Gasteiger charge is 2.26. The lowest BCUT2D eigenvalue weighted by atomic mass is 10.2. The predicted molar refractivity (Wildman–Crippen MR) is 74.0 cm³/mol. The minimum atomic E-state index is -0.0565. The molecule has 0 aliphatic carbocycles. The summed E-state index contributed by atoms with van der Waals surface area (Å²) >= 11 is 0. The number of hydrogen-bond acceptors (Lipinski definition) is 5. The van der Waals surface area contributed by atoms with Crippen LogP contribution in [0.2, 0.25) is 0 Å². The lowest BCUT2D eigenvalue weighted by molar-refractivity contribution is -0.133. The molecule has 2 heterocycles. The average Bonchev–Trinajstić information content (AvgIpc) is 2.46. The molecule has 1 fully saturated rings. The summed E-state index contributed by atoms with van der Waals surface area (Å²) in [6.45, 7) is 5.47. The van der Waals surface area contributed by atoms with E-state index in [1.54, 1.807) is 25.2 Å². The van der Waals surface area contributed by atoms with E-state index in [4.69, 9.17) is 0 Å². The van der Waals surface area contributed by atoms with Crippen LogP contribution in [-0.2, 0) is 4.79 Å². The van der Waals surface area contributed by atoms with Crippen LogP contribution in [0, 0.1) is 0 Å². The molecule has 0 radical (unpaired) electrons. The highest BCUT2D eigenvalue weighted by atomic mass is 16.2. The molecule has 1 amide bonds. The Labute approximate surface area is 114 Å². The fourth-order valence-electron chi connectivity index (χ4n) is 2.33. The second-order valence-electron chi connectivity index (χ2n) is 5.01. The minimum absolute atomic E-state index is 0.0565. The van der Waals surface area contributed by atoms with Gasteiger partial charge in [-0.25, -0.2) is 0 Å². The minimum Gasteiger partial charge on any atom is -0.353 e. The van der Waals surface area contributed by atoms with Gasteiger partial charge in [0, 0.05) is 46.5 Å². The van der Waals surface area contributed by atoms with Crippen LogP contribution in [0.3, 0.4) is 0 Å². The van der Waals surface area contributed by atoms with Crippen molar-refractivity contribution in [1.29, 1.82) is 0 Å². The van der Waals surface area contributed by atoms with Crippen LogP contribution in [0.5, 0.6) is 0 Å². The van der Waals surface area contributed by atoms with Crippen LogP contribution in [-0.4, -0.2) is 72.2 Å². The smallest absolute Gasteiger partial charge is 0.239 e. The molecule has 104 valence electrons. The Morgan fingerprint density at radius 3 is 2.53 bits per heavy atom. The molecule has 1 aromatic rings. The van der Waals surface area contributed by atoms with Crippen molar-refractivity contribution in [2.45, 2.75) is 13.0 Å². The van der Waals surface area contributed by atoms with Gasteiger partial charge in [-0.2, -0.15) is 5.10 Å². The Balaban J connectivity index is 1.91. The second kappa shape index (κ2) is 5.97. The molecule has 0 aromatic carbocycles. The number of anilines is 1. The van der Waals surface area contributed by atoms with Crippen molar-refractivity contribution in [1.82, 2.24) is 20.0 Å². The van der Waals surface area contributed by atoms with Crippen LogP contribution in [0.15, 0.2) is 18.3 Å². The molecule has 1 saturated heterocycles. The van der Waals surface area contributed by atoms with Crippen LogP contribution < -0.4 is 4.90 Å². The van der Waals surface area contributed by atoms with E-state index in [0.29, 0.717) is 0 Å². The number of aromatic nitrogens is 2. The summed E-state index contributed by atoms with van der Waals surface area (Å²) in [5.41, 5.74) is 0. The Bertz CT molecular complexity index is 414. The fourth-order valence-corrected chi connectivity index (χ4v) is 2.33. The molecule has 2 rings (SSSR count). The van der Waals surface area contributed by atoms with Gasteiger partial charge in [-0.05, 0) is 19.1 Å². The predicted octanol–water partition coefficient (Wildman–Crippen LogP) is 0.0753. The number of carbonyl (C=O) groups is 1. The van der Waals surface area contributed by atoms with Crippen molar-refractivity contribution in [3.05, 3.63) is 18.3 Å². The highest BCUT2D eigenvalue weighted by Crippen LogP contribution is 2.13. The molecule has 0 bridgehead atoms. The van der Waals surface area contributed by atoms with Crippen molar-refractivity contribution < 1.29 is 4.79 Å². The van der Waals surface area contributed by atoms with E-state index in [-0.39, 0.29) is 11.9 Å². The first-order chi connectivity index (χ1) is 9.09. The van der Waals surface area contributed by atoms with E-state index in [1.807, 2.05) is 19.1 Å². The SMILES string of the molecule is CC(C(=O)N(C)C)N1CCN(c2cccnn2)CC1. The number of likely N-dealkylation sites (N-methyl/N-ethyl adjacent to an activating group) is 1. The first kappa shape index (κ1) is 13.7. The largest absolute Gasteiger partial charge is 0.353 e. The van der Waals surface area contributed by atoms with Gasteiger partial charge in [0.15, 0.2) is 5.82 Å². The van der Waals surface area contributed by atoms with Gasteiger partial charge in [-0.1, -0.05) is 0 Å². The number of piperazine rings is 1. The Hall–Kier alpha value is -1.69. The normalized spacial score (nSPS) is 18.2. The summed E-state index contributed by atoms with van der Waals surface area (Å²) in [5.74, 6) is 1.07. The van der Waals surface area contributed by atoms with Crippen molar-refractivity contribution >= 4 is 11.7 Å². The molecule has 1 aliphatic rings. The van der Waals surface area contributed by atoms with Crippen molar-refractivity contribution in [2.75, 3.05) is 45.2 Å². The first-order valence-electron chi connectivity index (χ1n) is 6.57. The highest BCUT2D eigenvalue weighted by molar-refractivity contribution is 5.80. The lowest BCUT2D eigenvalue weighted by Gasteiger charge is -2.38. The quantitative estimate of drug-likeness (QED) is 0.773. The monoisotopic (exact) mass is 263 g/mol. The topological polar surface area (TPSA) is 52.6 Å². The van der Waals surface area contributed by atoms with Crippen molar-refractivity contribution in [2.24, 2.45) is 0 Å². The maximum absolute atomic E-state index is 11.9. The molecule has 6 nitrogen and oxygen atoms in total. The van der Waals surface area contributed by atoms with Crippen LogP contribution in [0.25, 0.3) is 0 Å². The number of amides is 1. The van der Waals surface area contributed by atoms with Gasteiger partial charge in [0.05, 0.1) is 6.04 Å². The van der Waals surface area contributed by atoms with E-state index in [9.17, 15) is 4.79 Å². The van der Waals surface area contributed by atoms with Gasteiger partial charge in [-0.3, -0.25) is 9.69 Å². The summed E-state index contributed by atoms with van der Waals surface area (Å²) < 4.78 is 0. The average molecular weight is 263 g/mol. The Kier molecular flexibility index (Phi) is 4.31. The molecule has 1 atom stereocenters. The molecule has 0 spiro atoms. The van der Waals surface area contributed by atoms with E-state index in [2.05, 4.69) is 20.0 Å². The van der Waals surface area contributed by atoms with Gasteiger partial charge in [-0.15, -0.1) is 5.10 Å². The molecule has 19 heavy (non-hydrogen) atoms. The standard InChI is InChI=1S/C13H21N5O/c1-11(13(19)16(2)3)17-7-9-18(10-8-17)12-5-4-6-14-15-12/h4-6,11H,7-10H2,1-3H3. The summed E-state index contributed by atoms with van der Waals surface area (Å²) in [4.78, 5) is 18.0. The van der Waals surface area contributed by atoms with Crippen molar-refractivity contribution in [3.63, 3.8) is 0 Å². The van der Waals surface area contributed by atoms with E-state index < -0.39 is 0 Å². The van der Waals surface area contributed by atoms with Crippen LogP contribution in [0.1, 0.15) is 6.92 Å². The summed E-state index contributed by atoms with van der Waals surface area (Å²) in [7, 11) is 3.60. The molecule has 6 heteroatoms. The number of nitrogens with zero attached hydrogens (tertiary/aromatic N) is 5. The van der Waals surface area contributed by atoms with E-state index >= 15 is 0 Å². The fraction of sp³-hybridized carbons (Fsp3) is 0.615. The van der Waals surface area contributed by atoms with Crippen molar-refractivity contribution in [3.8, 4) is 0 Å².